The number of aryl methyl sites for hydroxylation is 1. The maximum atomic E-state index is 15.5. The summed E-state index contributed by atoms with van der Waals surface area (Å²) in [5.41, 5.74) is 1.90. The van der Waals surface area contributed by atoms with E-state index in [9.17, 15) is 37.1 Å². The summed E-state index contributed by atoms with van der Waals surface area (Å²) in [6.45, 7) is 10.5. The minimum atomic E-state index is -4.54. The first kappa shape index (κ1) is 48.0. The van der Waals surface area contributed by atoms with Crippen molar-refractivity contribution in [2.24, 2.45) is 5.92 Å². The van der Waals surface area contributed by atoms with Crippen molar-refractivity contribution in [3.05, 3.63) is 107 Å². The molecule has 3 aromatic carbocycles. The first-order chi connectivity index (χ1) is 33.4. The highest BCUT2D eigenvalue weighted by atomic mass is 19.4. The van der Waals surface area contributed by atoms with Gasteiger partial charge in [0, 0.05) is 51.9 Å². The second-order valence-corrected chi connectivity index (χ2v) is 18.8. The molecular weight excluding hydrogens is 915 g/mol. The van der Waals surface area contributed by atoms with Gasteiger partial charge in [-0.05, 0) is 112 Å². The van der Waals surface area contributed by atoms with Crippen LogP contribution in [0.4, 0.5) is 23.2 Å². The average molecular weight is 968 g/mol. The number of carbonyl (C=O) groups excluding carboxylic acids is 5. The minimum Gasteiger partial charge on any atom is -0.492 e. The van der Waals surface area contributed by atoms with Gasteiger partial charge in [0.05, 0.1) is 40.8 Å². The molecule has 2 aromatic heterocycles. The Morgan fingerprint density at radius 3 is 2.31 bits per heavy atom. The van der Waals surface area contributed by atoms with Crippen LogP contribution in [0, 0.1) is 18.7 Å². The average Bonchev–Trinajstić information content (AvgIpc) is 4.08. The second-order valence-electron chi connectivity index (χ2n) is 18.8. The van der Waals surface area contributed by atoms with Crippen molar-refractivity contribution < 1.29 is 46.3 Å². The van der Waals surface area contributed by atoms with E-state index >= 15 is 4.39 Å². The van der Waals surface area contributed by atoms with Crippen molar-refractivity contribution in [3.8, 4) is 22.6 Å². The molecule has 9 rings (SSSR count). The first-order valence-corrected chi connectivity index (χ1v) is 23.3. The van der Waals surface area contributed by atoms with Gasteiger partial charge in [-0.25, -0.2) is 14.1 Å². The predicted octanol–water partition coefficient (Wildman–Crippen LogP) is 5.19. The molecule has 0 saturated carbocycles. The zero-order valence-electron chi connectivity index (χ0n) is 38.9. The van der Waals surface area contributed by atoms with E-state index in [4.69, 9.17) is 4.74 Å². The summed E-state index contributed by atoms with van der Waals surface area (Å²) in [7, 11) is 0. The van der Waals surface area contributed by atoms with E-state index in [1.165, 1.54) is 12.3 Å². The summed E-state index contributed by atoms with van der Waals surface area (Å²) >= 11 is 0. The van der Waals surface area contributed by atoms with Gasteiger partial charge < -0.3 is 15.0 Å². The molecule has 5 amide bonds. The quantitative estimate of drug-likeness (QED) is 0.0978. The smallest absolute Gasteiger partial charge is 0.401 e. The highest BCUT2D eigenvalue weighted by molar-refractivity contribution is 6.23. The third-order valence-corrected chi connectivity index (χ3v) is 13.8. The van der Waals surface area contributed by atoms with Gasteiger partial charge in [-0.2, -0.15) is 23.4 Å². The molecule has 0 bridgehead atoms. The number of benzene rings is 3. The summed E-state index contributed by atoms with van der Waals surface area (Å²) in [5.74, 6) is -2.65. The Balaban J connectivity index is 0.702. The number of amides is 5. The lowest BCUT2D eigenvalue weighted by atomic mass is 9.92. The fourth-order valence-corrected chi connectivity index (χ4v) is 9.42. The standard InChI is InChI=1S/C49H53F4N11O6/c1-29-21-32(7-8-38(29)63-28-33(25-55-63)43(66)54-26-41-56-47(59-58-41)48(2,3)49(51,52)53)31-5-4-6-34(22-31)70-20-19-60-13-11-30(12-14-60)27-61-15-17-62(18-16-61)40-24-36-35(23-37(40)50)45(68)64(46(36)69)39-9-10-42(65)57-44(39)67/h4-8,21-25,28,30,39H,9-20,26-27H2,1-3H3,(H,54,66)(H,56,58,59)(H,57,65,67). The van der Waals surface area contributed by atoms with Gasteiger partial charge in [-0.15, -0.1) is 0 Å². The number of piperazine rings is 1. The van der Waals surface area contributed by atoms with Crippen LogP contribution in [-0.2, 0) is 21.5 Å². The van der Waals surface area contributed by atoms with Gasteiger partial charge in [0.2, 0.25) is 11.8 Å². The molecule has 3 fully saturated rings. The molecule has 6 heterocycles. The van der Waals surface area contributed by atoms with Crippen molar-refractivity contribution in [3.63, 3.8) is 0 Å². The molecule has 21 heteroatoms. The number of anilines is 1. The number of alkyl halides is 3. The van der Waals surface area contributed by atoms with E-state index < -0.39 is 58.8 Å². The summed E-state index contributed by atoms with van der Waals surface area (Å²) in [5, 5.41) is 15.4. The van der Waals surface area contributed by atoms with Crippen LogP contribution in [0.5, 0.6) is 5.75 Å². The minimum absolute atomic E-state index is 0.00816. The largest absolute Gasteiger partial charge is 0.492 e. The van der Waals surface area contributed by atoms with Crippen molar-refractivity contribution in [1.82, 2.24) is 50.3 Å². The van der Waals surface area contributed by atoms with E-state index in [0.29, 0.717) is 25.6 Å². The number of nitrogens with zero attached hydrogens (tertiary/aromatic N) is 8. The van der Waals surface area contributed by atoms with E-state index in [2.05, 4.69) is 40.7 Å². The number of imide groups is 2. The number of piperidine rings is 2. The number of halogens is 4. The number of aromatic amines is 1. The Labute approximate surface area is 400 Å². The molecule has 368 valence electrons. The Bertz CT molecular complexity index is 2830. The van der Waals surface area contributed by atoms with Gasteiger partial charge >= 0.3 is 6.18 Å². The lowest BCUT2D eigenvalue weighted by molar-refractivity contribution is -0.182. The van der Waals surface area contributed by atoms with Crippen LogP contribution in [0.2, 0.25) is 0 Å². The van der Waals surface area contributed by atoms with Crippen LogP contribution in [0.25, 0.3) is 16.8 Å². The summed E-state index contributed by atoms with van der Waals surface area (Å²) in [4.78, 5) is 75.0. The molecule has 3 N–H and O–H groups in total. The van der Waals surface area contributed by atoms with E-state index in [1.807, 2.05) is 54.3 Å². The Morgan fingerprint density at radius 2 is 1.60 bits per heavy atom. The summed E-state index contributed by atoms with van der Waals surface area (Å²) in [6, 6.07) is 15.3. The second kappa shape index (κ2) is 19.4. The molecule has 0 aliphatic carbocycles. The SMILES string of the molecule is Cc1cc(-c2cccc(OCCN3CCC(CN4CCN(c5cc6c(cc5F)C(=O)N(C5CCC(=O)NC5=O)C6=O)CC4)CC3)c2)ccc1-n1cc(C(=O)NCc2nc(C(C)(C)C(F)(F)F)n[nH]2)cn1. The molecule has 5 aromatic rings. The number of likely N-dealkylation sites (tertiary alicyclic amines) is 1. The Kier molecular flexibility index (Phi) is 13.3. The van der Waals surface area contributed by atoms with Crippen LogP contribution in [0.1, 0.15) is 87.8 Å². The molecule has 0 radical (unpaired) electrons. The number of aromatic nitrogens is 5. The first-order valence-electron chi connectivity index (χ1n) is 23.3. The normalized spacial score (nSPS) is 18.6. The van der Waals surface area contributed by atoms with Gasteiger partial charge in [0.15, 0.2) is 5.82 Å². The van der Waals surface area contributed by atoms with E-state index in [1.54, 1.807) is 10.9 Å². The van der Waals surface area contributed by atoms with Crippen LogP contribution >= 0.6 is 0 Å². The summed E-state index contributed by atoms with van der Waals surface area (Å²) < 4.78 is 63.5. The van der Waals surface area contributed by atoms with E-state index in [-0.39, 0.29) is 47.6 Å². The fraction of sp³-hybridized carbons (Fsp3) is 0.429. The monoisotopic (exact) mass is 967 g/mol. The van der Waals surface area contributed by atoms with Crippen LogP contribution in [0.15, 0.2) is 67.0 Å². The van der Waals surface area contributed by atoms with Gasteiger partial charge in [-0.3, -0.25) is 49.1 Å². The zero-order chi connectivity index (χ0) is 49.5. The highest BCUT2D eigenvalue weighted by Crippen LogP contribution is 2.39. The number of carbonyl (C=O) groups is 5. The lowest BCUT2D eigenvalue weighted by Crippen LogP contribution is -2.54. The molecule has 3 saturated heterocycles. The van der Waals surface area contributed by atoms with Crippen LogP contribution < -0.4 is 20.3 Å². The molecule has 0 spiro atoms. The van der Waals surface area contributed by atoms with Gasteiger partial charge in [-0.1, -0.05) is 18.2 Å². The van der Waals surface area contributed by atoms with Crippen LogP contribution in [0.3, 0.4) is 0 Å². The van der Waals surface area contributed by atoms with Crippen LogP contribution in [-0.4, -0.2) is 140 Å². The number of rotatable bonds is 14. The van der Waals surface area contributed by atoms with Crippen molar-refractivity contribution in [2.45, 2.75) is 70.6 Å². The number of fused-ring (bicyclic) bond motifs is 1. The number of ether oxygens (including phenoxy) is 1. The fourth-order valence-electron chi connectivity index (χ4n) is 9.42. The van der Waals surface area contributed by atoms with Crippen molar-refractivity contribution in [1.29, 1.82) is 0 Å². The maximum absolute atomic E-state index is 15.5. The van der Waals surface area contributed by atoms with Crippen molar-refractivity contribution in [2.75, 3.05) is 63.9 Å². The molecule has 70 heavy (non-hydrogen) atoms. The molecule has 4 aliphatic rings. The number of H-pyrrole nitrogens is 1. The predicted molar refractivity (Wildman–Crippen MR) is 247 cm³/mol. The molecular formula is C49H53F4N11O6. The molecule has 4 aliphatic heterocycles. The number of nitrogens with one attached hydrogen (secondary N) is 3. The molecule has 17 nitrogen and oxygen atoms in total. The molecule has 1 atom stereocenters. The number of hydrogen-bond acceptors (Lipinski definition) is 12. The number of hydrogen-bond donors (Lipinski definition) is 3. The van der Waals surface area contributed by atoms with E-state index in [0.717, 1.165) is 105 Å². The summed E-state index contributed by atoms with van der Waals surface area (Å²) in [6.07, 6.45) is 0.603. The highest BCUT2D eigenvalue weighted by Gasteiger charge is 2.51. The zero-order valence-corrected chi connectivity index (χ0v) is 38.9. The maximum Gasteiger partial charge on any atom is 0.401 e. The topological polar surface area (TPSA) is 191 Å². The van der Waals surface area contributed by atoms with Gasteiger partial charge in [0.1, 0.15) is 35.5 Å². The van der Waals surface area contributed by atoms with Gasteiger partial charge in [0.25, 0.3) is 17.7 Å². The third kappa shape index (κ3) is 9.89. The Morgan fingerprint density at radius 1 is 0.871 bits per heavy atom. The van der Waals surface area contributed by atoms with Crippen molar-refractivity contribution >= 4 is 35.2 Å². The molecule has 1 unspecified atom stereocenters. The Hall–Kier alpha value is -7.00. The lowest BCUT2D eigenvalue weighted by Gasteiger charge is -2.39. The third-order valence-electron chi connectivity index (χ3n) is 13.8.